The van der Waals surface area contributed by atoms with E-state index < -0.39 is 0 Å². The van der Waals surface area contributed by atoms with Crippen molar-refractivity contribution >= 4 is 23.2 Å². The minimum Gasteiger partial charge on any atom is -0.619 e. The van der Waals surface area contributed by atoms with Crippen LogP contribution in [-0.4, -0.2) is 0 Å². The minimum absolute atomic E-state index is 0.190. The van der Waals surface area contributed by atoms with Gasteiger partial charge >= 0.3 is 0 Å². The van der Waals surface area contributed by atoms with E-state index >= 15 is 0 Å². The molecule has 0 aliphatic rings. The third-order valence-corrected chi connectivity index (χ3v) is 1.68. The summed E-state index contributed by atoms with van der Waals surface area (Å²) in [7, 11) is 0. The zero-order chi connectivity index (χ0) is 8.43. The standard InChI is InChI=1S/C7H3Cl2NO/c1-2-5-6(8)3-10(11)4-7(5)9/h1,3-4H. The first kappa shape index (κ1) is 8.19. The van der Waals surface area contributed by atoms with Gasteiger partial charge in [0.1, 0.15) is 10.0 Å². The van der Waals surface area contributed by atoms with Crippen molar-refractivity contribution in [3.05, 3.63) is 33.2 Å². The summed E-state index contributed by atoms with van der Waals surface area (Å²) >= 11 is 11.2. The van der Waals surface area contributed by atoms with Crippen LogP contribution >= 0.6 is 23.2 Å². The second kappa shape index (κ2) is 3.00. The first-order valence-electron chi connectivity index (χ1n) is 2.69. The Morgan fingerprint density at radius 3 is 2.18 bits per heavy atom. The van der Waals surface area contributed by atoms with Gasteiger partial charge in [0.2, 0.25) is 0 Å². The number of aromatic nitrogens is 1. The molecule has 56 valence electrons. The molecule has 0 atom stereocenters. The van der Waals surface area contributed by atoms with Gasteiger partial charge in [0.05, 0.1) is 5.56 Å². The van der Waals surface area contributed by atoms with Crippen LogP contribution < -0.4 is 4.73 Å². The lowest BCUT2D eigenvalue weighted by Crippen LogP contribution is -2.24. The molecule has 0 spiro atoms. The topological polar surface area (TPSA) is 26.9 Å². The van der Waals surface area contributed by atoms with Gasteiger partial charge in [-0.15, -0.1) is 6.42 Å². The van der Waals surface area contributed by atoms with Crippen molar-refractivity contribution < 1.29 is 4.73 Å². The molecule has 0 aliphatic carbocycles. The fraction of sp³-hybridized carbons (Fsp3) is 0. The van der Waals surface area contributed by atoms with Gasteiger partial charge in [0, 0.05) is 0 Å². The maximum absolute atomic E-state index is 10.7. The largest absolute Gasteiger partial charge is 0.619 e. The molecule has 0 aromatic carbocycles. The van der Waals surface area contributed by atoms with Crippen molar-refractivity contribution in [1.82, 2.24) is 0 Å². The van der Waals surface area contributed by atoms with E-state index in [1.165, 1.54) is 0 Å². The molecule has 0 N–H and O–H groups in total. The quantitative estimate of drug-likeness (QED) is 0.345. The van der Waals surface area contributed by atoms with Crippen LogP contribution in [0.15, 0.2) is 12.4 Å². The smallest absolute Gasteiger partial charge is 0.200 e. The predicted molar refractivity (Wildman–Crippen MR) is 43.4 cm³/mol. The number of pyridine rings is 1. The zero-order valence-corrected chi connectivity index (χ0v) is 6.86. The highest BCUT2D eigenvalue weighted by Gasteiger charge is 2.07. The third kappa shape index (κ3) is 1.56. The predicted octanol–water partition coefficient (Wildman–Crippen LogP) is 1.61. The fourth-order valence-electron chi connectivity index (χ4n) is 0.642. The van der Waals surface area contributed by atoms with Crippen LogP contribution in [0.5, 0.6) is 0 Å². The molecule has 1 rings (SSSR count). The van der Waals surface area contributed by atoms with Crippen molar-refractivity contribution in [2.45, 2.75) is 0 Å². The third-order valence-electron chi connectivity index (χ3n) is 1.10. The number of hydrogen-bond acceptors (Lipinski definition) is 1. The molecule has 0 amide bonds. The van der Waals surface area contributed by atoms with Crippen LogP contribution in [0.1, 0.15) is 5.56 Å². The molecule has 4 heteroatoms. The van der Waals surface area contributed by atoms with Crippen LogP contribution in [0.2, 0.25) is 10.0 Å². The molecule has 1 aromatic rings. The van der Waals surface area contributed by atoms with Gasteiger partial charge < -0.3 is 5.21 Å². The van der Waals surface area contributed by atoms with Gasteiger partial charge in [-0.05, 0) is 0 Å². The number of nitrogens with zero attached hydrogens (tertiary/aromatic N) is 1. The van der Waals surface area contributed by atoms with Gasteiger partial charge in [-0.3, -0.25) is 0 Å². The van der Waals surface area contributed by atoms with Gasteiger partial charge in [-0.1, -0.05) is 29.1 Å². The van der Waals surface area contributed by atoms with Gasteiger partial charge in [-0.2, -0.15) is 4.73 Å². The van der Waals surface area contributed by atoms with Crippen molar-refractivity contribution in [3.63, 3.8) is 0 Å². The lowest BCUT2D eigenvalue weighted by molar-refractivity contribution is -0.605. The summed E-state index contributed by atoms with van der Waals surface area (Å²) in [5.74, 6) is 2.27. The summed E-state index contributed by atoms with van der Waals surface area (Å²) in [5, 5.41) is 11.0. The Morgan fingerprint density at radius 2 is 1.82 bits per heavy atom. The van der Waals surface area contributed by atoms with Crippen LogP contribution in [0, 0.1) is 17.6 Å². The Kier molecular flexibility index (Phi) is 2.23. The number of rotatable bonds is 0. The van der Waals surface area contributed by atoms with Crippen molar-refractivity contribution in [2.75, 3.05) is 0 Å². The Bertz CT molecular complexity index is 307. The highest BCUT2D eigenvalue weighted by Crippen LogP contribution is 2.20. The molecule has 11 heavy (non-hydrogen) atoms. The highest BCUT2D eigenvalue weighted by molar-refractivity contribution is 6.36. The molecule has 0 saturated carbocycles. The summed E-state index contributed by atoms with van der Waals surface area (Å²) in [5.41, 5.74) is 0.348. The van der Waals surface area contributed by atoms with E-state index in [0.717, 1.165) is 12.4 Å². The van der Waals surface area contributed by atoms with E-state index in [-0.39, 0.29) is 10.0 Å². The number of halogens is 2. The summed E-state index contributed by atoms with van der Waals surface area (Å²) in [6.45, 7) is 0. The lowest BCUT2D eigenvalue weighted by Gasteiger charge is -1.99. The molecule has 0 saturated heterocycles. The van der Waals surface area contributed by atoms with Gasteiger partial charge in [0.15, 0.2) is 12.4 Å². The Hall–Kier alpha value is -0.910. The molecule has 1 aromatic heterocycles. The summed E-state index contributed by atoms with van der Waals surface area (Å²) < 4.78 is 0.505. The molecule has 0 radical (unpaired) electrons. The normalized spacial score (nSPS) is 9.18. The Balaban J connectivity index is 3.40. The minimum atomic E-state index is 0.190. The maximum atomic E-state index is 10.7. The van der Waals surface area contributed by atoms with E-state index in [4.69, 9.17) is 29.6 Å². The van der Waals surface area contributed by atoms with E-state index in [9.17, 15) is 5.21 Å². The SMILES string of the molecule is C#Cc1c(Cl)c[n+]([O-])cc1Cl. The molecule has 0 bridgehead atoms. The molecule has 1 heterocycles. The first-order valence-corrected chi connectivity index (χ1v) is 3.45. The molecular formula is C7H3Cl2NO. The second-order valence-electron chi connectivity index (χ2n) is 1.83. The van der Waals surface area contributed by atoms with Crippen molar-refractivity contribution in [1.29, 1.82) is 0 Å². The first-order chi connectivity index (χ1) is 5.15. The van der Waals surface area contributed by atoms with E-state index in [2.05, 4.69) is 5.92 Å². The van der Waals surface area contributed by atoms with Gasteiger partial charge in [0.25, 0.3) is 0 Å². The average Bonchev–Trinajstić information content (AvgIpc) is 1.85. The van der Waals surface area contributed by atoms with Crippen molar-refractivity contribution in [3.8, 4) is 12.3 Å². The Morgan fingerprint density at radius 1 is 1.36 bits per heavy atom. The molecule has 0 unspecified atom stereocenters. The van der Waals surface area contributed by atoms with Crippen LogP contribution in [0.25, 0.3) is 0 Å². The average molecular weight is 188 g/mol. The summed E-state index contributed by atoms with van der Waals surface area (Å²) in [6.07, 6.45) is 7.38. The summed E-state index contributed by atoms with van der Waals surface area (Å²) in [6, 6.07) is 0. The number of terminal acetylenes is 1. The van der Waals surface area contributed by atoms with E-state index in [1.807, 2.05) is 0 Å². The van der Waals surface area contributed by atoms with E-state index in [0.29, 0.717) is 10.3 Å². The Labute approximate surface area is 73.9 Å². The summed E-state index contributed by atoms with van der Waals surface area (Å²) in [4.78, 5) is 0. The van der Waals surface area contributed by atoms with E-state index in [1.54, 1.807) is 0 Å². The highest BCUT2D eigenvalue weighted by atomic mass is 35.5. The molecular weight excluding hydrogens is 185 g/mol. The van der Waals surface area contributed by atoms with Crippen molar-refractivity contribution in [2.24, 2.45) is 0 Å². The van der Waals surface area contributed by atoms with Crippen LogP contribution in [0.4, 0.5) is 0 Å². The molecule has 2 nitrogen and oxygen atoms in total. The lowest BCUT2D eigenvalue weighted by atomic mass is 10.3. The second-order valence-corrected chi connectivity index (χ2v) is 2.65. The molecule has 0 aliphatic heterocycles. The number of hydrogen-bond donors (Lipinski definition) is 0. The van der Waals surface area contributed by atoms with Gasteiger partial charge in [-0.25, -0.2) is 0 Å². The monoisotopic (exact) mass is 187 g/mol. The molecule has 0 fully saturated rings. The fourth-order valence-corrected chi connectivity index (χ4v) is 1.20. The zero-order valence-electron chi connectivity index (χ0n) is 5.34. The van der Waals surface area contributed by atoms with Crippen LogP contribution in [0.3, 0.4) is 0 Å². The maximum Gasteiger partial charge on any atom is 0.200 e. The van der Waals surface area contributed by atoms with Crippen LogP contribution in [-0.2, 0) is 0 Å².